The largest absolute Gasteiger partial charge is 0.496 e. The van der Waals surface area contributed by atoms with Crippen LogP contribution in [0.5, 0.6) is 5.75 Å². The van der Waals surface area contributed by atoms with Crippen molar-refractivity contribution < 1.29 is 9.53 Å². The molecule has 0 fully saturated rings. The molecule has 0 aliphatic heterocycles. The molecule has 0 saturated heterocycles. The van der Waals surface area contributed by atoms with Crippen LogP contribution in [-0.4, -0.2) is 33.7 Å². The smallest absolute Gasteiger partial charge is 0.270 e. The van der Waals surface area contributed by atoms with Crippen LogP contribution in [0.15, 0.2) is 66.7 Å². The minimum atomic E-state index is -0.206. The normalized spacial score (nSPS) is 12.2. The summed E-state index contributed by atoms with van der Waals surface area (Å²) < 4.78 is 7.34. The van der Waals surface area contributed by atoms with Gasteiger partial charge in [-0.05, 0) is 31.0 Å². The van der Waals surface area contributed by atoms with Crippen LogP contribution in [0.4, 0.5) is 0 Å². The Bertz CT molecular complexity index is 1210. The summed E-state index contributed by atoms with van der Waals surface area (Å²) in [6.07, 6.45) is 0. The Balaban J connectivity index is 1.90. The molecule has 1 amide bonds. The van der Waals surface area contributed by atoms with Crippen molar-refractivity contribution in [2.75, 3.05) is 7.11 Å². The summed E-state index contributed by atoms with van der Waals surface area (Å²) >= 11 is 0. The van der Waals surface area contributed by atoms with E-state index in [9.17, 15) is 4.79 Å². The third-order valence-corrected chi connectivity index (χ3v) is 5.47. The van der Waals surface area contributed by atoms with E-state index in [2.05, 4.69) is 24.1 Å². The summed E-state index contributed by atoms with van der Waals surface area (Å²) in [6, 6.07) is 21.3. The van der Waals surface area contributed by atoms with Crippen LogP contribution in [0.25, 0.3) is 28.2 Å². The number of fused-ring (bicyclic) bond motifs is 1. The van der Waals surface area contributed by atoms with Crippen molar-refractivity contribution in [2.45, 2.75) is 26.8 Å². The van der Waals surface area contributed by atoms with Gasteiger partial charge in [-0.3, -0.25) is 4.79 Å². The highest BCUT2D eigenvalue weighted by atomic mass is 16.5. The highest BCUT2D eigenvalue weighted by Gasteiger charge is 2.20. The van der Waals surface area contributed by atoms with E-state index in [4.69, 9.17) is 9.84 Å². The lowest BCUT2D eigenvalue weighted by Crippen LogP contribution is -2.36. The van der Waals surface area contributed by atoms with Gasteiger partial charge in [0.15, 0.2) is 5.65 Å². The summed E-state index contributed by atoms with van der Waals surface area (Å²) in [5.74, 6) is 0.817. The van der Waals surface area contributed by atoms with E-state index in [0.29, 0.717) is 23.0 Å². The van der Waals surface area contributed by atoms with Crippen LogP contribution in [0, 0.1) is 5.92 Å². The zero-order valence-electron chi connectivity index (χ0n) is 18.2. The molecule has 2 aromatic heterocycles. The minimum absolute atomic E-state index is 0.0324. The standard InChI is InChI=1S/C25H26N4O2/c1-16(2)17(3)26-25(30)21-14-22(19-12-8-9-13-23(19)31-4)29-24(27-21)15-20(28-29)18-10-6-5-7-11-18/h5-17H,1-4H3,(H,26,30). The van der Waals surface area contributed by atoms with Gasteiger partial charge >= 0.3 is 0 Å². The molecule has 0 spiro atoms. The first kappa shape index (κ1) is 20.6. The number of benzene rings is 2. The van der Waals surface area contributed by atoms with Gasteiger partial charge in [0.25, 0.3) is 5.91 Å². The number of hydrogen-bond donors (Lipinski definition) is 1. The zero-order valence-corrected chi connectivity index (χ0v) is 18.2. The molecule has 1 atom stereocenters. The Morgan fingerprint density at radius 1 is 1.00 bits per heavy atom. The number of aromatic nitrogens is 3. The van der Waals surface area contributed by atoms with Crippen molar-refractivity contribution in [3.63, 3.8) is 0 Å². The fourth-order valence-corrected chi connectivity index (χ4v) is 3.34. The van der Waals surface area contributed by atoms with Gasteiger partial charge < -0.3 is 10.1 Å². The average molecular weight is 415 g/mol. The van der Waals surface area contributed by atoms with E-state index in [-0.39, 0.29) is 11.9 Å². The van der Waals surface area contributed by atoms with Crippen molar-refractivity contribution in [1.82, 2.24) is 19.9 Å². The van der Waals surface area contributed by atoms with Crippen LogP contribution < -0.4 is 10.1 Å². The van der Waals surface area contributed by atoms with Crippen molar-refractivity contribution >= 4 is 11.6 Å². The highest BCUT2D eigenvalue weighted by molar-refractivity contribution is 5.94. The van der Waals surface area contributed by atoms with Crippen molar-refractivity contribution in [3.8, 4) is 28.3 Å². The Morgan fingerprint density at radius 3 is 2.42 bits per heavy atom. The van der Waals surface area contributed by atoms with Crippen LogP contribution >= 0.6 is 0 Å². The second kappa shape index (κ2) is 8.60. The van der Waals surface area contributed by atoms with Gasteiger partial charge in [0.1, 0.15) is 11.4 Å². The minimum Gasteiger partial charge on any atom is -0.496 e. The van der Waals surface area contributed by atoms with E-state index < -0.39 is 0 Å². The summed E-state index contributed by atoms with van der Waals surface area (Å²) in [6.45, 7) is 6.14. The number of carbonyl (C=O) groups is 1. The number of rotatable bonds is 6. The first-order valence-corrected chi connectivity index (χ1v) is 10.4. The molecule has 2 aromatic carbocycles. The molecule has 0 saturated carbocycles. The van der Waals surface area contributed by atoms with Gasteiger partial charge in [-0.1, -0.05) is 56.3 Å². The first-order chi connectivity index (χ1) is 15.0. The topological polar surface area (TPSA) is 68.5 Å². The number of amides is 1. The van der Waals surface area contributed by atoms with Crippen LogP contribution in [0.1, 0.15) is 31.3 Å². The number of nitrogens with one attached hydrogen (secondary N) is 1. The highest BCUT2D eigenvalue weighted by Crippen LogP contribution is 2.31. The summed E-state index contributed by atoms with van der Waals surface area (Å²) in [4.78, 5) is 17.6. The summed E-state index contributed by atoms with van der Waals surface area (Å²) in [5, 5.41) is 7.83. The number of hydrogen-bond acceptors (Lipinski definition) is 4. The predicted octanol–water partition coefficient (Wildman–Crippen LogP) is 4.85. The fourth-order valence-electron chi connectivity index (χ4n) is 3.34. The quantitative estimate of drug-likeness (QED) is 0.490. The van der Waals surface area contributed by atoms with Crippen LogP contribution in [0.2, 0.25) is 0 Å². The van der Waals surface area contributed by atoms with Gasteiger partial charge in [-0.2, -0.15) is 5.10 Å². The summed E-state index contributed by atoms with van der Waals surface area (Å²) in [5.41, 5.74) is 4.30. The van der Waals surface area contributed by atoms with Gasteiger partial charge in [0.2, 0.25) is 0 Å². The monoisotopic (exact) mass is 414 g/mol. The number of nitrogens with zero attached hydrogens (tertiary/aromatic N) is 3. The SMILES string of the molecule is COc1ccccc1-c1cc(C(=O)NC(C)C(C)C)nc2cc(-c3ccccc3)nn12. The van der Waals surface area contributed by atoms with E-state index in [1.165, 1.54) is 0 Å². The molecule has 6 heteroatoms. The zero-order chi connectivity index (χ0) is 22.0. The molecule has 0 aliphatic rings. The van der Waals surface area contributed by atoms with Crippen molar-refractivity contribution in [2.24, 2.45) is 5.92 Å². The second-order valence-electron chi connectivity index (χ2n) is 7.90. The number of methoxy groups -OCH3 is 1. The maximum absolute atomic E-state index is 13.0. The fraction of sp³-hybridized carbons (Fsp3) is 0.240. The molecule has 1 N–H and O–H groups in total. The van der Waals surface area contributed by atoms with Gasteiger partial charge in [-0.15, -0.1) is 0 Å². The average Bonchev–Trinajstić information content (AvgIpc) is 3.23. The third-order valence-electron chi connectivity index (χ3n) is 5.47. The van der Waals surface area contributed by atoms with Gasteiger partial charge in [-0.25, -0.2) is 9.50 Å². The first-order valence-electron chi connectivity index (χ1n) is 10.4. The van der Waals surface area contributed by atoms with E-state index in [1.807, 2.05) is 67.6 Å². The Kier molecular flexibility index (Phi) is 5.71. The Labute approximate surface area is 181 Å². The van der Waals surface area contributed by atoms with Gasteiger partial charge in [0, 0.05) is 23.2 Å². The van der Waals surface area contributed by atoms with E-state index in [1.54, 1.807) is 17.7 Å². The molecule has 6 nitrogen and oxygen atoms in total. The third kappa shape index (κ3) is 4.14. The van der Waals surface area contributed by atoms with Crippen LogP contribution in [0.3, 0.4) is 0 Å². The lowest BCUT2D eigenvalue weighted by molar-refractivity contribution is 0.0925. The Hall–Kier alpha value is -3.67. The van der Waals surface area contributed by atoms with E-state index >= 15 is 0 Å². The molecule has 0 radical (unpaired) electrons. The van der Waals surface area contributed by atoms with Gasteiger partial charge in [0.05, 0.1) is 18.5 Å². The molecule has 0 aliphatic carbocycles. The maximum atomic E-state index is 13.0. The molecule has 1 unspecified atom stereocenters. The molecule has 4 aromatic rings. The Morgan fingerprint density at radius 2 is 1.71 bits per heavy atom. The summed E-state index contributed by atoms with van der Waals surface area (Å²) in [7, 11) is 1.63. The maximum Gasteiger partial charge on any atom is 0.270 e. The lowest BCUT2D eigenvalue weighted by atomic mass is 10.1. The number of carbonyl (C=O) groups excluding carboxylic acids is 1. The molecule has 31 heavy (non-hydrogen) atoms. The predicted molar refractivity (Wildman–Crippen MR) is 122 cm³/mol. The second-order valence-corrected chi connectivity index (χ2v) is 7.90. The molecular formula is C25H26N4O2. The van der Waals surface area contributed by atoms with Crippen LogP contribution in [-0.2, 0) is 0 Å². The molecule has 158 valence electrons. The molecule has 2 heterocycles. The molecule has 4 rings (SSSR count). The van der Waals surface area contributed by atoms with Crippen molar-refractivity contribution in [3.05, 3.63) is 72.4 Å². The van der Waals surface area contributed by atoms with E-state index in [0.717, 1.165) is 22.5 Å². The lowest BCUT2D eigenvalue weighted by Gasteiger charge is -2.17. The number of ether oxygens (including phenoxy) is 1. The molecular weight excluding hydrogens is 388 g/mol. The van der Waals surface area contributed by atoms with Crippen molar-refractivity contribution in [1.29, 1.82) is 0 Å². The molecule has 0 bridgehead atoms. The number of para-hydroxylation sites is 1.